The van der Waals surface area contributed by atoms with Crippen LogP contribution >= 0.6 is 11.6 Å². The second-order valence-corrected chi connectivity index (χ2v) is 6.73. The van der Waals surface area contributed by atoms with Gasteiger partial charge < -0.3 is 15.7 Å². The maximum Gasteiger partial charge on any atom is 0.0566 e. The summed E-state index contributed by atoms with van der Waals surface area (Å²) >= 11 is 5.94. The third-order valence-corrected chi connectivity index (χ3v) is 4.36. The lowest BCUT2D eigenvalue weighted by Gasteiger charge is -2.39. The van der Waals surface area contributed by atoms with Crippen molar-refractivity contribution in [1.82, 2.24) is 0 Å². The van der Waals surface area contributed by atoms with Crippen molar-refractivity contribution in [3.63, 3.8) is 0 Å². The standard InChI is InChI=1S/C16H25ClN2O/c1-11(2)16(20)8-12-7-14(18)10-19(9-12)15-5-3-13(17)4-6-15/h3-6,11-12,14,16,20H,7-10,18H2,1-2H3. The summed E-state index contributed by atoms with van der Waals surface area (Å²) in [4.78, 5) is 2.31. The third-order valence-electron chi connectivity index (χ3n) is 4.11. The second-order valence-electron chi connectivity index (χ2n) is 6.29. The zero-order chi connectivity index (χ0) is 14.7. The predicted octanol–water partition coefficient (Wildman–Crippen LogP) is 2.90. The zero-order valence-electron chi connectivity index (χ0n) is 12.3. The number of rotatable bonds is 4. The molecule has 112 valence electrons. The van der Waals surface area contributed by atoms with Crippen molar-refractivity contribution in [1.29, 1.82) is 0 Å². The summed E-state index contributed by atoms with van der Waals surface area (Å²) < 4.78 is 0. The number of aliphatic hydroxyl groups is 1. The molecule has 1 aliphatic rings. The van der Waals surface area contributed by atoms with Gasteiger partial charge in [0, 0.05) is 29.8 Å². The van der Waals surface area contributed by atoms with Gasteiger partial charge in [0.15, 0.2) is 0 Å². The molecule has 1 saturated heterocycles. The molecule has 1 aliphatic heterocycles. The molecule has 0 saturated carbocycles. The van der Waals surface area contributed by atoms with E-state index in [-0.39, 0.29) is 12.1 Å². The van der Waals surface area contributed by atoms with E-state index in [1.807, 2.05) is 24.3 Å². The quantitative estimate of drug-likeness (QED) is 0.898. The van der Waals surface area contributed by atoms with Gasteiger partial charge in [0.05, 0.1) is 6.10 Å². The third kappa shape index (κ3) is 4.11. The molecule has 0 bridgehead atoms. The average Bonchev–Trinajstić information content (AvgIpc) is 2.38. The van der Waals surface area contributed by atoms with Crippen molar-refractivity contribution < 1.29 is 5.11 Å². The van der Waals surface area contributed by atoms with Gasteiger partial charge in [-0.25, -0.2) is 0 Å². The van der Waals surface area contributed by atoms with Gasteiger partial charge in [-0.15, -0.1) is 0 Å². The second kappa shape index (κ2) is 6.79. The number of benzene rings is 1. The summed E-state index contributed by atoms with van der Waals surface area (Å²) in [7, 11) is 0. The van der Waals surface area contributed by atoms with Crippen LogP contribution in [0.4, 0.5) is 5.69 Å². The molecule has 1 aromatic carbocycles. The van der Waals surface area contributed by atoms with Gasteiger partial charge in [0.2, 0.25) is 0 Å². The Hall–Kier alpha value is -0.770. The molecular formula is C16H25ClN2O. The zero-order valence-corrected chi connectivity index (χ0v) is 13.1. The van der Waals surface area contributed by atoms with Crippen molar-refractivity contribution >= 4 is 17.3 Å². The first-order chi connectivity index (χ1) is 9.45. The highest BCUT2D eigenvalue weighted by molar-refractivity contribution is 6.30. The van der Waals surface area contributed by atoms with E-state index in [2.05, 4.69) is 18.7 Å². The topological polar surface area (TPSA) is 49.5 Å². The lowest BCUT2D eigenvalue weighted by Crippen LogP contribution is -2.48. The van der Waals surface area contributed by atoms with E-state index in [0.717, 1.165) is 36.6 Å². The van der Waals surface area contributed by atoms with Gasteiger partial charge in [0.25, 0.3) is 0 Å². The van der Waals surface area contributed by atoms with Crippen LogP contribution in [-0.2, 0) is 0 Å². The Morgan fingerprint density at radius 2 is 1.95 bits per heavy atom. The predicted molar refractivity (Wildman–Crippen MR) is 85.2 cm³/mol. The van der Waals surface area contributed by atoms with Crippen LogP contribution in [0, 0.1) is 11.8 Å². The molecule has 3 atom stereocenters. The highest BCUT2D eigenvalue weighted by atomic mass is 35.5. The molecule has 0 aromatic heterocycles. The number of nitrogens with zero attached hydrogens (tertiary/aromatic N) is 1. The van der Waals surface area contributed by atoms with Crippen LogP contribution in [0.2, 0.25) is 5.02 Å². The van der Waals surface area contributed by atoms with Crippen LogP contribution in [0.15, 0.2) is 24.3 Å². The van der Waals surface area contributed by atoms with Crippen molar-refractivity contribution in [2.75, 3.05) is 18.0 Å². The number of halogens is 1. The molecule has 1 heterocycles. The summed E-state index contributed by atoms with van der Waals surface area (Å²) in [6.07, 6.45) is 1.58. The Bertz CT molecular complexity index is 421. The summed E-state index contributed by atoms with van der Waals surface area (Å²) in [6, 6.07) is 8.07. The van der Waals surface area contributed by atoms with Gasteiger partial charge in [-0.05, 0) is 48.9 Å². The van der Waals surface area contributed by atoms with E-state index in [0.29, 0.717) is 11.8 Å². The fourth-order valence-corrected chi connectivity index (χ4v) is 3.02. The minimum atomic E-state index is -0.239. The number of piperidine rings is 1. The fourth-order valence-electron chi connectivity index (χ4n) is 2.89. The Morgan fingerprint density at radius 1 is 1.30 bits per heavy atom. The summed E-state index contributed by atoms with van der Waals surface area (Å²) in [5, 5.41) is 10.8. The number of aliphatic hydroxyl groups excluding tert-OH is 1. The van der Waals surface area contributed by atoms with Crippen LogP contribution in [0.5, 0.6) is 0 Å². The smallest absolute Gasteiger partial charge is 0.0566 e. The Balaban J connectivity index is 2.02. The molecule has 20 heavy (non-hydrogen) atoms. The minimum absolute atomic E-state index is 0.170. The molecule has 1 fully saturated rings. The maximum absolute atomic E-state index is 10.1. The van der Waals surface area contributed by atoms with Gasteiger partial charge in [-0.1, -0.05) is 25.4 Å². The molecule has 0 spiro atoms. The first-order valence-electron chi connectivity index (χ1n) is 7.40. The molecule has 3 nitrogen and oxygen atoms in total. The Kier molecular flexibility index (Phi) is 5.30. The van der Waals surface area contributed by atoms with Gasteiger partial charge >= 0.3 is 0 Å². The van der Waals surface area contributed by atoms with E-state index in [1.54, 1.807) is 0 Å². The van der Waals surface area contributed by atoms with E-state index in [1.165, 1.54) is 0 Å². The SMILES string of the molecule is CC(C)C(O)CC1CC(N)CN(c2ccc(Cl)cc2)C1. The summed E-state index contributed by atoms with van der Waals surface area (Å²) in [5.41, 5.74) is 7.35. The Labute approximate surface area is 126 Å². The van der Waals surface area contributed by atoms with Gasteiger partial charge in [0.1, 0.15) is 0 Å². The van der Waals surface area contributed by atoms with Crippen LogP contribution < -0.4 is 10.6 Å². The lowest BCUT2D eigenvalue weighted by atomic mass is 9.87. The minimum Gasteiger partial charge on any atom is -0.393 e. The number of hydrogen-bond donors (Lipinski definition) is 2. The largest absolute Gasteiger partial charge is 0.393 e. The van der Waals surface area contributed by atoms with Crippen molar-refractivity contribution in [3.8, 4) is 0 Å². The van der Waals surface area contributed by atoms with Crippen molar-refractivity contribution in [2.45, 2.75) is 38.8 Å². The number of nitrogens with two attached hydrogens (primary N) is 1. The molecule has 0 radical (unpaired) electrons. The van der Waals surface area contributed by atoms with Crippen molar-refractivity contribution in [2.24, 2.45) is 17.6 Å². The Morgan fingerprint density at radius 3 is 2.55 bits per heavy atom. The highest BCUT2D eigenvalue weighted by Gasteiger charge is 2.27. The monoisotopic (exact) mass is 296 g/mol. The van der Waals surface area contributed by atoms with Gasteiger partial charge in [-0.3, -0.25) is 0 Å². The molecule has 2 rings (SSSR count). The van der Waals surface area contributed by atoms with Crippen LogP contribution in [-0.4, -0.2) is 30.3 Å². The molecule has 0 aliphatic carbocycles. The number of hydrogen-bond acceptors (Lipinski definition) is 3. The van der Waals surface area contributed by atoms with E-state index in [9.17, 15) is 5.11 Å². The van der Waals surface area contributed by atoms with Crippen LogP contribution in [0.3, 0.4) is 0 Å². The summed E-state index contributed by atoms with van der Waals surface area (Å²) in [5.74, 6) is 0.754. The molecular weight excluding hydrogens is 272 g/mol. The molecule has 3 N–H and O–H groups in total. The lowest BCUT2D eigenvalue weighted by molar-refractivity contribution is 0.0922. The van der Waals surface area contributed by atoms with Crippen LogP contribution in [0.1, 0.15) is 26.7 Å². The fraction of sp³-hybridized carbons (Fsp3) is 0.625. The normalized spacial score (nSPS) is 25.0. The number of anilines is 1. The van der Waals surface area contributed by atoms with Crippen LogP contribution in [0.25, 0.3) is 0 Å². The molecule has 4 heteroatoms. The first kappa shape index (κ1) is 15.6. The average molecular weight is 297 g/mol. The molecule has 1 aromatic rings. The van der Waals surface area contributed by atoms with E-state index in [4.69, 9.17) is 17.3 Å². The van der Waals surface area contributed by atoms with E-state index < -0.39 is 0 Å². The van der Waals surface area contributed by atoms with E-state index >= 15 is 0 Å². The van der Waals surface area contributed by atoms with Gasteiger partial charge in [-0.2, -0.15) is 0 Å². The molecule has 0 amide bonds. The first-order valence-corrected chi connectivity index (χ1v) is 7.77. The highest BCUT2D eigenvalue weighted by Crippen LogP contribution is 2.27. The van der Waals surface area contributed by atoms with Crippen molar-refractivity contribution in [3.05, 3.63) is 29.3 Å². The molecule has 3 unspecified atom stereocenters. The maximum atomic E-state index is 10.1. The summed E-state index contributed by atoms with van der Waals surface area (Å²) in [6.45, 7) is 5.95.